The van der Waals surface area contributed by atoms with Gasteiger partial charge in [0.15, 0.2) is 0 Å². The van der Waals surface area contributed by atoms with Gasteiger partial charge >= 0.3 is 0 Å². The van der Waals surface area contributed by atoms with Gasteiger partial charge in [-0.25, -0.2) is 0 Å². The smallest absolute Gasteiger partial charge is 0.0717 e. The maximum atomic E-state index is 10.5. The minimum atomic E-state index is -1.17. The number of carboxylic acid groups (broad SMARTS) is 1. The van der Waals surface area contributed by atoms with Gasteiger partial charge in [-0.05, 0) is 24.6 Å². The Hall–Kier alpha value is -1.75. The van der Waals surface area contributed by atoms with E-state index >= 15 is 0 Å². The van der Waals surface area contributed by atoms with E-state index in [-0.39, 0.29) is 5.56 Å². The molecule has 1 rings (SSSR count). The molecule has 1 aromatic rings. The molecule has 0 saturated carbocycles. The van der Waals surface area contributed by atoms with Gasteiger partial charge in [0, 0.05) is 11.1 Å². The van der Waals surface area contributed by atoms with Crippen LogP contribution >= 0.6 is 0 Å². The molecule has 0 aliphatic heterocycles. The standard InChI is InChI=1S/C10H8O2/c1-3-8-4-5-9(10(11)12)7(2)6-8/h1,4-6H,2H3,(H,11,12)/p-1. The molecule has 0 atom stereocenters. The van der Waals surface area contributed by atoms with Crippen molar-refractivity contribution >= 4 is 5.97 Å². The molecule has 0 amide bonds. The molecule has 0 N–H and O–H groups in total. The highest BCUT2D eigenvalue weighted by Gasteiger charge is 1.98. The van der Waals surface area contributed by atoms with Crippen molar-refractivity contribution < 1.29 is 9.90 Å². The molecule has 0 radical (unpaired) electrons. The van der Waals surface area contributed by atoms with Gasteiger partial charge in [-0.3, -0.25) is 0 Å². The van der Waals surface area contributed by atoms with Crippen molar-refractivity contribution in [2.24, 2.45) is 0 Å². The zero-order valence-electron chi connectivity index (χ0n) is 6.63. The maximum absolute atomic E-state index is 10.5. The molecule has 12 heavy (non-hydrogen) atoms. The minimum Gasteiger partial charge on any atom is -0.545 e. The van der Waals surface area contributed by atoms with E-state index in [1.165, 1.54) is 6.07 Å². The van der Waals surface area contributed by atoms with Crippen molar-refractivity contribution in [2.75, 3.05) is 0 Å². The van der Waals surface area contributed by atoms with Crippen LogP contribution in [0, 0.1) is 19.3 Å². The van der Waals surface area contributed by atoms with Gasteiger partial charge in [0.2, 0.25) is 0 Å². The summed E-state index contributed by atoms with van der Waals surface area (Å²) in [5.41, 5.74) is 1.50. The third-order valence-corrected chi connectivity index (χ3v) is 1.61. The molecule has 0 saturated heterocycles. The van der Waals surface area contributed by atoms with E-state index in [4.69, 9.17) is 6.42 Å². The van der Waals surface area contributed by atoms with E-state index in [9.17, 15) is 9.90 Å². The van der Waals surface area contributed by atoms with Gasteiger partial charge in [0.25, 0.3) is 0 Å². The molecule has 2 nitrogen and oxygen atoms in total. The first-order valence-electron chi connectivity index (χ1n) is 3.43. The zero-order valence-corrected chi connectivity index (χ0v) is 6.63. The highest BCUT2D eigenvalue weighted by molar-refractivity contribution is 5.87. The highest BCUT2D eigenvalue weighted by atomic mass is 16.4. The Morgan fingerprint density at radius 1 is 1.58 bits per heavy atom. The summed E-state index contributed by atoms with van der Waals surface area (Å²) >= 11 is 0. The first-order valence-corrected chi connectivity index (χ1v) is 3.43. The first kappa shape index (κ1) is 8.35. The maximum Gasteiger partial charge on any atom is 0.0717 e. The molecule has 0 aromatic heterocycles. The van der Waals surface area contributed by atoms with Gasteiger partial charge < -0.3 is 9.90 Å². The number of hydrogen-bond donors (Lipinski definition) is 0. The molecule has 1 aromatic carbocycles. The lowest BCUT2D eigenvalue weighted by Gasteiger charge is -2.05. The van der Waals surface area contributed by atoms with Gasteiger partial charge in [0.05, 0.1) is 5.97 Å². The van der Waals surface area contributed by atoms with Crippen LogP contribution in [0.3, 0.4) is 0 Å². The fourth-order valence-electron chi connectivity index (χ4n) is 0.982. The molecular weight excluding hydrogens is 152 g/mol. The third kappa shape index (κ3) is 1.46. The highest BCUT2D eigenvalue weighted by Crippen LogP contribution is 2.08. The number of aryl methyl sites for hydroxylation is 1. The number of carbonyl (C=O) groups excluding carboxylic acids is 1. The normalized spacial score (nSPS) is 9.00. The van der Waals surface area contributed by atoms with Crippen LogP contribution in [0.2, 0.25) is 0 Å². The Morgan fingerprint density at radius 3 is 2.67 bits per heavy atom. The molecule has 0 aliphatic carbocycles. The summed E-state index contributed by atoms with van der Waals surface area (Å²) < 4.78 is 0. The summed E-state index contributed by atoms with van der Waals surface area (Å²) in [7, 11) is 0. The summed E-state index contributed by atoms with van der Waals surface area (Å²) in [5, 5.41) is 10.5. The number of aromatic carboxylic acids is 1. The van der Waals surface area contributed by atoms with E-state index < -0.39 is 5.97 Å². The zero-order chi connectivity index (χ0) is 9.14. The largest absolute Gasteiger partial charge is 0.545 e. The van der Waals surface area contributed by atoms with Gasteiger partial charge in [-0.2, -0.15) is 0 Å². The van der Waals surface area contributed by atoms with E-state index in [2.05, 4.69) is 5.92 Å². The molecule has 0 aliphatic rings. The number of terminal acetylenes is 1. The number of carboxylic acids is 1. The van der Waals surface area contributed by atoms with Crippen molar-refractivity contribution in [1.29, 1.82) is 0 Å². The van der Waals surface area contributed by atoms with E-state index in [1.807, 2.05) is 0 Å². The Balaban J connectivity index is 3.23. The summed E-state index contributed by atoms with van der Waals surface area (Å²) in [6, 6.07) is 4.68. The van der Waals surface area contributed by atoms with Crippen molar-refractivity contribution in [3.8, 4) is 12.3 Å². The topological polar surface area (TPSA) is 40.1 Å². The monoisotopic (exact) mass is 159 g/mol. The van der Waals surface area contributed by atoms with E-state index in [1.54, 1.807) is 19.1 Å². The summed E-state index contributed by atoms with van der Waals surface area (Å²) in [6.45, 7) is 1.69. The SMILES string of the molecule is C#Cc1ccc(C(=O)[O-])c(C)c1. The van der Waals surface area contributed by atoms with Crippen molar-refractivity contribution in [1.82, 2.24) is 0 Å². The molecule has 0 unspecified atom stereocenters. The Bertz CT molecular complexity index is 359. The van der Waals surface area contributed by atoms with Crippen molar-refractivity contribution in [3.63, 3.8) is 0 Å². The fraction of sp³-hybridized carbons (Fsp3) is 0.100. The first-order chi connectivity index (χ1) is 5.65. The quantitative estimate of drug-likeness (QED) is 0.554. The van der Waals surface area contributed by atoms with Crippen LogP contribution in [0.15, 0.2) is 18.2 Å². The second kappa shape index (κ2) is 3.10. The van der Waals surface area contributed by atoms with Gasteiger partial charge in [-0.15, -0.1) is 6.42 Å². The summed E-state index contributed by atoms with van der Waals surface area (Å²) in [5.74, 6) is 1.25. The van der Waals surface area contributed by atoms with Crippen LogP contribution in [0.1, 0.15) is 21.5 Å². The number of hydrogen-bond acceptors (Lipinski definition) is 2. The predicted octanol–water partition coefficient (Wildman–Crippen LogP) is 0.340. The molecular formula is C10H7O2-. The number of carbonyl (C=O) groups is 1. The van der Waals surface area contributed by atoms with Crippen molar-refractivity contribution in [3.05, 3.63) is 34.9 Å². The average Bonchev–Trinajstić information content (AvgIpc) is 2.03. The average molecular weight is 159 g/mol. The summed E-state index contributed by atoms with van der Waals surface area (Å²) in [4.78, 5) is 10.5. The fourth-order valence-corrected chi connectivity index (χ4v) is 0.982. The lowest BCUT2D eigenvalue weighted by Crippen LogP contribution is -2.23. The van der Waals surface area contributed by atoms with E-state index in [0.717, 1.165) is 0 Å². The van der Waals surface area contributed by atoms with Gasteiger partial charge in [0.1, 0.15) is 0 Å². The van der Waals surface area contributed by atoms with Crippen LogP contribution in [0.4, 0.5) is 0 Å². The van der Waals surface area contributed by atoms with Gasteiger partial charge in [-0.1, -0.05) is 12.0 Å². The van der Waals surface area contributed by atoms with Crippen LogP contribution in [-0.4, -0.2) is 5.97 Å². The number of benzene rings is 1. The summed E-state index contributed by atoms with van der Waals surface area (Å²) in [6.07, 6.45) is 5.13. The predicted molar refractivity (Wildman–Crippen MR) is 43.4 cm³/mol. The minimum absolute atomic E-state index is 0.189. The van der Waals surface area contributed by atoms with Crippen LogP contribution < -0.4 is 5.11 Å². The second-order valence-electron chi connectivity index (χ2n) is 2.46. The Morgan fingerprint density at radius 2 is 2.25 bits per heavy atom. The molecule has 0 fully saturated rings. The molecule has 0 bridgehead atoms. The Labute approximate surface area is 70.8 Å². The third-order valence-electron chi connectivity index (χ3n) is 1.61. The molecule has 0 heterocycles. The number of rotatable bonds is 1. The molecule has 60 valence electrons. The van der Waals surface area contributed by atoms with Crippen LogP contribution in [-0.2, 0) is 0 Å². The lowest BCUT2D eigenvalue weighted by atomic mass is 10.1. The van der Waals surface area contributed by atoms with E-state index in [0.29, 0.717) is 11.1 Å². The van der Waals surface area contributed by atoms with Crippen LogP contribution in [0.25, 0.3) is 0 Å². The lowest BCUT2D eigenvalue weighted by molar-refractivity contribution is -0.255. The molecule has 2 heteroatoms. The second-order valence-corrected chi connectivity index (χ2v) is 2.46. The molecule has 0 spiro atoms. The van der Waals surface area contributed by atoms with Crippen molar-refractivity contribution in [2.45, 2.75) is 6.92 Å². The Kier molecular flexibility index (Phi) is 2.16. The van der Waals surface area contributed by atoms with Crippen LogP contribution in [0.5, 0.6) is 0 Å².